The summed E-state index contributed by atoms with van der Waals surface area (Å²) in [6.45, 7) is 2.05. The molecule has 1 aliphatic rings. The highest BCUT2D eigenvalue weighted by atomic mass is 79.9. The number of ether oxygens (including phenoxy) is 1. The number of rotatable bonds is 11. The maximum Gasteiger partial charge on any atom is 0.261 e. The third kappa shape index (κ3) is 8.48. The number of amides is 2. The second-order valence-corrected chi connectivity index (χ2v) is 11.9. The quantitative estimate of drug-likeness (QED) is 0.232. The van der Waals surface area contributed by atoms with E-state index in [-0.39, 0.29) is 31.0 Å². The standard InChI is InChI=1S/C32H35BrCl2N2O3/c1-2-22-14-16-30(26(33)17-22)40-21-31(38)37(20-24-13-15-27(34)28(35)18-24)29(19-23-9-5-3-6-10-23)32(39)36-25-11-7-4-8-12-25/h3,5-6,9-10,13-18,25,29H,2,4,7-8,11-12,19-21H2,1H3,(H,36,39)/t29-/m0/s1. The Morgan fingerprint density at radius 1 is 0.950 bits per heavy atom. The van der Waals surface area contributed by atoms with Gasteiger partial charge in [-0.25, -0.2) is 0 Å². The van der Waals surface area contributed by atoms with E-state index < -0.39 is 6.04 Å². The molecule has 3 aromatic rings. The van der Waals surface area contributed by atoms with E-state index in [1.54, 1.807) is 17.0 Å². The minimum absolute atomic E-state index is 0.116. The lowest BCUT2D eigenvalue weighted by Gasteiger charge is -2.33. The summed E-state index contributed by atoms with van der Waals surface area (Å²) in [7, 11) is 0. The molecule has 1 atom stereocenters. The molecule has 3 aromatic carbocycles. The van der Waals surface area contributed by atoms with Crippen LogP contribution >= 0.6 is 39.1 Å². The molecule has 0 spiro atoms. The third-order valence-electron chi connectivity index (χ3n) is 7.32. The molecule has 2 amide bonds. The van der Waals surface area contributed by atoms with Gasteiger partial charge in [0, 0.05) is 19.0 Å². The van der Waals surface area contributed by atoms with Crippen LogP contribution in [0.1, 0.15) is 55.7 Å². The van der Waals surface area contributed by atoms with Crippen LogP contribution in [0.25, 0.3) is 0 Å². The Labute approximate surface area is 255 Å². The van der Waals surface area contributed by atoms with Gasteiger partial charge < -0.3 is 15.0 Å². The molecule has 212 valence electrons. The van der Waals surface area contributed by atoms with Crippen LogP contribution in [0.3, 0.4) is 0 Å². The summed E-state index contributed by atoms with van der Waals surface area (Å²) in [5, 5.41) is 4.08. The molecule has 0 saturated heterocycles. The second-order valence-electron chi connectivity index (χ2n) is 10.2. The number of carbonyl (C=O) groups excluding carboxylic acids is 2. The number of benzene rings is 3. The number of hydrogen-bond acceptors (Lipinski definition) is 3. The number of nitrogens with zero attached hydrogens (tertiary/aromatic N) is 1. The highest BCUT2D eigenvalue weighted by molar-refractivity contribution is 9.10. The number of nitrogens with one attached hydrogen (secondary N) is 1. The average Bonchev–Trinajstić information content (AvgIpc) is 2.97. The maximum absolute atomic E-state index is 13.9. The first-order valence-corrected chi connectivity index (χ1v) is 15.4. The monoisotopic (exact) mass is 644 g/mol. The summed E-state index contributed by atoms with van der Waals surface area (Å²) < 4.78 is 6.76. The van der Waals surface area contributed by atoms with Crippen LogP contribution in [0.2, 0.25) is 10.0 Å². The fourth-order valence-corrected chi connectivity index (χ4v) is 5.90. The zero-order valence-electron chi connectivity index (χ0n) is 22.7. The first-order chi connectivity index (χ1) is 19.3. The fourth-order valence-electron chi connectivity index (χ4n) is 5.04. The molecule has 0 heterocycles. The van der Waals surface area contributed by atoms with Crippen molar-refractivity contribution >= 4 is 50.9 Å². The van der Waals surface area contributed by atoms with Crippen LogP contribution in [-0.2, 0) is 29.0 Å². The summed E-state index contributed by atoms with van der Waals surface area (Å²) in [6.07, 6.45) is 6.56. The Kier molecular flexibility index (Phi) is 11.3. The largest absolute Gasteiger partial charge is 0.483 e. The van der Waals surface area contributed by atoms with Crippen molar-refractivity contribution in [1.29, 1.82) is 0 Å². The Hall–Kier alpha value is -2.54. The van der Waals surface area contributed by atoms with Gasteiger partial charge in [-0.15, -0.1) is 0 Å². The summed E-state index contributed by atoms with van der Waals surface area (Å²) in [5.74, 6) is 0.126. The molecular formula is C32H35BrCl2N2O3. The first-order valence-electron chi connectivity index (χ1n) is 13.8. The zero-order valence-corrected chi connectivity index (χ0v) is 25.8. The lowest BCUT2D eigenvalue weighted by Crippen LogP contribution is -2.53. The van der Waals surface area contributed by atoms with Crippen molar-refractivity contribution < 1.29 is 14.3 Å². The van der Waals surface area contributed by atoms with Crippen molar-refractivity contribution in [1.82, 2.24) is 10.2 Å². The van der Waals surface area contributed by atoms with Gasteiger partial charge in [-0.2, -0.15) is 0 Å². The molecule has 4 rings (SSSR count). The molecule has 1 fully saturated rings. The summed E-state index contributed by atoms with van der Waals surface area (Å²) in [6, 6.07) is 20.3. The molecule has 0 aromatic heterocycles. The number of aryl methyl sites for hydroxylation is 1. The molecular weight excluding hydrogens is 611 g/mol. The Bertz CT molecular complexity index is 1300. The SMILES string of the molecule is CCc1ccc(OCC(=O)N(Cc2ccc(Cl)c(Cl)c2)[C@@H](Cc2ccccc2)C(=O)NC2CCCCC2)c(Br)c1. The maximum atomic E-state index is 13.9. The average molecular weight is 646 g/mol. The van der Waals surface area contributed by atoms with Gasteiger partial charge in [-0.1, -0.05) is 91.9 Å². The minimum atomic E-state index is -0.735. The Morgan fingerprint density at radius 3 is 2.35 bits per heavy atom. The van der Waals surface area contributed by atoms with E-state index in [0.717, 1.165) is 53.3 Å². The molecule has 0 unspecified atom stereocenters. The third-order valence-corrected chi connectivity index (χ3v) is 8.67. The van der Waals surface area contributed by atoms with Crippen molar-refractivity contribution in [2.45, 2.75) is 70.5 Å². The highest BCUT2D eigenvalue weighted by Gasteiger charge is 2.32. The predicted molar refractivity (Wildman–Crippen MR) is 165 cm³/mol. The van der Waals surface area contributed by atoms with Gasteiger partial charge in [0.15, 0.2) is 6.61 Å². The number of halogens is 3. The predicted octanol–water partition coefficient (Wildman–Crippen LogP) is 7.79. The van der Waals surface area contributed by atoms with Gasteiger partial charge in [0.25, 0.3) is 5.91 Å². The highest BCUT2D eigenvalue weighted by Crippen LogP contribution is 2.28. The van der Waals surface area contributed by atoms with E-state index in [0.29, 0.717) is 22.2 Å². The van der Waals surface area contributed by atoms with Crippen LogP contribution in [0.5, 0.6) is 5.75 Å². The van der Waals surface area contributed by atoms with E-state index in [1.165, 1.54) is 6.42 Å². The van der Waals surface area contributed by atoms with E-state index in [4.69, 9.17) is 27.9 Å². The normalized spacial score (nSPS) is 14.4. The van der Waals surface area contributed by atoms with Crippen molar-refractivity contribution in [3.8, 4) is 5.75 Å². The molecule has 0 bridgehead atoms. The van der Waals surface area contributed by atoms with Crippen molar-refractivity contribution in [3.05, 3.63) is 97.9 Å². The summed E-state index contributed by atoms with van der Waals surface area (Å²) in [4.78, 5) is 29.4. The number of carbonyl (C=O) groups is 2. The topological polar surface area (TPSA) is 58.6 Å². The van der Waals surface area contributed by atoms with E-state index in [1.807, 2.05) is 54.6 Å². The summed E-state index contributed by atoms with van der Waals surface area (Å²) in [5.41, 5.74) is 2.91. The molecule has 0 aliphatic heterocycles. The number of hydrogen-bond donors (Lipinski definition) is 1. The lowest BCUT2D eigenvalue weighted by atomic mass is 9.94. The fraction of sp³-hybridized carbons (Fsp3) is 0.375. The van der Waals surface area contributed by atoms with Crippen molar-refractivity contribution in [2.75, 3.05) is 6.61 Å². The molecule has 1 aliphatic carbocycles. The van der Waals surface area contributed by atoms with Gasteiger partial charge >= 0.3 is 0 Å². The van der Waals surface area contributed by atoms with E-state index in [2.05, 4.69) is 28.2 Å². The van der Waals surface area contributed by atoms with Gasteiger partial charge in [-0.3, -0.25) is 9.59 Å². The smallest absolute Gasteiger partial charge is 0.261 e. The lowest BCUT2D eigenvalue weighted by molar-refractivity contribution is -0.143. The van der Waals surface area contributed by atoms with Gasteiger partial charge in [-0.05, 0) is 76.1 Å². The van der Waals surface area contributed by atoms with Crippen LogP contribution in [0.4, 0.5) is 0 Å². The molecule has 0 radical (unpaired) electrons. The van der Waals surface area contributed by atoms with Crippen LogP contribution in [0.15, 0.2) is 71.2 Å². The van der Waals surface area contributed by atoms with Gasteiger partial charge in [0.1, 0.15) is 11.8 Å². The van der Waals surface area contributed by atoms with Crippen molar-refractivity contribution in [3.63, 3.8) is 0 Å². The minimum Gasteiger partial charge on any atom is -0.483 e. The second kappa shape index (κ2) is 14.9. The first kappa shape index (κ1) is 30.4. The van der Waals surface area contributed by atoms with Crippen LogP contribution < -0.4 is 10.1 Å². The van der Waals surface area contributed by atoms with Gasteiger partial charge in [0.2, 0.25) is 5.91 Å². The Balaban J connectivity index is 1.63. The summed E-state index contributed by atoms with van der Waals surface area (Å²) >= 11 is 16.0. The molecule has 1 N–H and O–H groups in total. The van der Waals surface area contributed by atoms with Gasteiger partial charge in [0.05, 0.1) is 14.5 Å². The zero-order chi connectivity index (χ0) is 28.5. The molecule has 1 saturated carbocycles. The molecule has 8 heteroatoms. The van der Waals surface area contributed by atoms with E-state index >= 15 is 0 Å². The van der Waals surface area contributed by atoms with Crippen LogP contribution in [0, 0.1) is 0 Å². The van der Waals surface area contributed by atoms with Crippen LogP contribution in [-0.4, -0.2) is 35.4 Å². The Morgan fingerprint density at radius 2 is 1.68 bits per heavy atom. The molecule has 5 nitrogen and oxygen atoms in total. The molecule has 40 heavy (non-hydrogen) atoms. The van der Waals surface area contributed by atoms with Crippen molar-refractivity contribution in [2.24, 2.45) is 0 Å². The van der Waals surface area contributed by atoms with E-state index in [9.17, 15) is 9.59 Å².